The van der Waals surface area contributed by atoms with Crippen LogP contribution in [0.1, 0.15) is 40.0 Å². The van der Waals surface area contributed by atoms with Gasteiger partial charge < -0.3 is 10.5 Å². The Balaban J connectivity index is 2.42. The van der Waals surface area contributed by atoms with Gasteiger partial charge in [-0.1, -0.05) is 13.8 Å². The predicted molar refractivity (Wildman–Crippen MR) is 68.5 cm³/mol. The molecular weight excluding hydrogens is 200 g/mol. The second-order valence-electron chi connectivity index (χ2n) is 4.97. The van der Waals surface area contributed by atoms with Crippen LogP contribution in [0.2, 0.25) is 0 Å². The number of ether oxygens (including phenoxy) is 1. The molecule has 3 atom stereocenters. The lowest BCUT2D eigenvalue weighted by atomic mass is 9.83. The molecule has 2 N–H and O–H groups in total. The third kappa shape index (κ3) is 4.04. The molecule has 0 aliphatic heterocycles. The summed E-state index contributed by atoms with van der Waals surface area (Å²) in [4.78, 5) is 2.50. The summed E-state index contributed by atoms with van der Waals surface area (Å²) >= 11 is 0. The lowest BCUT2D eigenvalue weighted by Crippen LogP contribution is -2.51. The van der Waals surface area contributed by atoms with Crippen LogP contribution in [0.25, 0.3) is 0 Å². The molecule has 0 saturated heterocycles. The molecule has 96 valence electrons. The number of likely N-dealkylation sites (N-methyl/N-ethyl adjacent to an activating group) is 1. The first kappa shape index (κ1) is 13.9. The van der Waals surface area contributed by atoms with Crippen molar-refractivity contribution in [2.24, 2.45) is 11.7 Å². The van der Waals surface area contributed by atoms with Crippen LogP contribution in [0.5, 0.6) is 0 Å². The number of nitrogens with zero attached hydrogens (tertiary/aromatic N) is 1. The summed E-state index contributed by atoms with van der Waals surface area (Å²) in [6, 6.07) is 0.923. The lowest BCUT2D eigenvalue weighted by Gasteiger charge is -2.40. The third-order valence-corrected chi connectivity index (χ3v) is 3.73. The molecule has 3 heteroatoms. The molecule has 0 bridgehead atoms. The van der Waals surface area contributed by atoms with Crippen molar-refractivity contribution in [2.45, 2.75) is 52.1 Å². The molecule has 1 aliphatic rings. The summed E-state index contributed by atoms with van der Waals surface area (Å²) < 4.78 is 5.44. The van der Waals surface area contributed by atoms with Gasteiger partial charge in [-0.2, -0.15) is 0 Å². The minimum absolute atomic E-state index is 0.359. The normalized spacial score (nSPS) is 30.9. The Morgan fingerprint density at radius 2 is 2.06 bits per heavy atom. The van der Waals surface area contributed by atoms with Crippen LogP contribution in [0.15, 0.2) is 0 Å². The van der Waals surface area contributed by atoms with Crippen LogP contribution in [-0.2, 0) is 4.74 Å². The van der Waals surface area contributed by atoms with Gasteiger partial charge in [0, 0.05) is 25.2 Å². The fourth-order valence-corrected chi connectivity index (χ4v) is 2.68. The molecular formula is C13H28N2O. The molecule has 3 unspecified atom stereocenters. The second kappa shape index (κ2) is 7.25. The van der Waals surface area contributed by atoms with Crippen molar-refractivity contribution in [3.63, 3.8) is 0 Å². The Kier molecular flexibility index (Phi) is 6.32. The highest BCUT2D eigenvalue weighted by molar-refractivity contribution is 4.87. The topological polar surface area (TPSA) is 38.5 Å². The SMILES string of the molecule is CCOCCN(CC)C1CC(C)CCC1N. The Morgan fingerprint density at radius 1 is 1.31 bits per heavy atom. The molecule has 1 saturated carbocycles. The van der Waals surface area contributed by atoms with E-state index in [4.69, 9.17) is 10.5 Å². The highest BCUT2D eigenvalue weighted by atomic mass is 16.5. The van der Waals surface area contributed by atoms with Crippen LogP contribution in [0, 0.1) is 5.92 Å². The summed E-state index contributed by atoms with van der Waals surface area (Å²) in [5.74, 6) is 0.825. The standard InChI is InChI=1S/C13H28N2O/c1-4-15(8-9-16-5-2)13-10-11(3)6-7-12(13)14/h11-13H,4-10,14H2,1-3H3. The molecule has 1 fully saturated rings. The van der Waals surface area contributed by atoms with E-state index in [0.717, 1.165) is 32.2 Å². The van der Waals surface area contributed by atoms with E-state index in [0.29, 0.717) is 12.1 Å². The Morgan fingerprint density at radius 3 is 2.69 bits per heavy atom. The van der Waals surface area contributed by atoms with Crippen LogP contribution in [-0.4, -0.2) is 43.3 Å². The molecule has 0 aromatic rings. The van der Waals surface area contributed by atoms with Crippen molar-refractivity contribution >= 4 is 0 Å². The molecule has 3 nitrogen and oxygen atoms in total. The maximum atomic E-state index is 6.24. The van der Waals surface area contributed by atoms with Gasteiger partial charge in [0.2, 0.25) is 0 Å². The minimum Gasteiger partial charge on any atom is -0.380 e. The van der Waals surface area contributed by atoms with E-state index in [1.807, 2.05) is 6.92 Å². The van der Waals surface area contributed by atoms with Crippen LogP contribution < -0.4 is 5.73 Å². The van der Waals surface area contributed by atoms with E-state index in [2.05, 4.69) is 18.7 Å². The van der Waals surface area contributed by atoms with Gasteiger partial charge in [-0.3, -0.25) is 4.90 Å². The van der Waals surface area contributed by atoms with E-state index in [-0.39, 0.29) is 0 Å². The highest BCUT2D eigenvalue weighted by Gasteiger charge is 2.29. The summed E-state index contributed by atoms with van der Waals surface area (Å²) in [5, 5.41) is 0. The zero-order chi connectivity index (χ0) is 12.0. The van der Waals surface area contributed by atoms with Gasteiger partial charge in [0.25, 0.3) is 0 Å². The first-order valence-electron chi connectivity index (χ1n) is 6.76. The van der Waals surface area contributed by atoms with Crippen molar-refractivity contribution in [1.29, 1.82) is 0 Å². The first-order valence-corrected chi connectivity index (χ1v) is 6.76. The first-order chi connectivity index (χ1) is 7.69. The van der Waals surface area contributed by atoms with E-state index >= 15 is 0 Å². The van der Waals surface area contributed by atoms with Gasteiger partial charge in [0.15, 0.2) is 0 Å². The third-order valence-electron chi connectivity index (χ3n) is 3.73. The van der Waals surface area contributed by atoms with E-state index in [1.165, 1.54) is 19.3 Å². The molecule has 0 aromatic heterocycles. The predicted octanol–water partition coefficient (Wildman–Crippen LogP) is 1.86. The van der Waals surface area contributed by atoms with Gasteiger partial charge in [-0.25, -0.2) is 0 Å². The molecule has 16 heavy (non-hydrogen) atoms. The average Bonchev–Trinajstić information content (AvgIpc) is 2.28. The summed E-state index contributed by atoms with van der Waals surface area (Å²) in [5.41, 5.74) is 6.24. The Labute approximate surface area is 100 Å². The van der Waals surface area contributed by atoms with Crippen molar-refractivity contribution in [1.82, 2.24) is 4.90 Å². The number of rotatable bonds is 6. The Bertz CT molecular complexity index is 187. The largest absolute Gasteiger partial charge is 0.380 e. The second-order valence-corrected chi connectivity index (χ2v) is 4.97. The van der Waals surface area contributed by atoms with Gasteiger partial charge >= 0.3 is 0 Å². The molecule has 1 rings (SSSR count). The summed E-state index contributed by atoms with van der Waals surface area (Å²) in [6.45, 7) is 10.4. The van der Waals surface area contributed by atoms with Crippen LogP contribution in [0.3, 0.4) is 0 Å². The van der Waals surface area contributed by atoms with Crippen molar-refractivity contribution in [3.05, 3.63) is 0 Å². The van der Waals surface area contributed by atoms with Crippen molar-refractivity contribution in [3.8, 4) is 0 Å². The molecule has 0 radical (unpaired) electrons. The smallest absolute Gasteiger partial charge is 0.0593 e. The summed E-state index contributed by atoms with van der Waals surface area (Å²) in [6.07, 6.45) is 3.72. The molecule has 1 aliphatic carbocycles. The maximum Gasteiger partial charge on any atom is 0.0593 e. The summed E-state index contributed by atoms with van der Waals surface area (Å²) in [7, 11) is 0. The highest BCUT2D eigenvalue weighted by Crippen LogP contribution is 2.26. The fourth-order valence-electron chi connectivity index (χ4n) is 2.68. The van der Waals surface area contributed by atoms with Gasteiger partial charge in [-0.05, 0) is 38.6 Å². The number of hydrogen-bond acceptors (Lipinski definition) is 3. The van der Waals surface area contributed by atoms with Crippen molar-refractivity contribution < 1.29 is 4.74 Å². The van der Waals surface area contributed by atoms with E-state index in [1.54, 1.807) is 0 Å². The monoisotopic (exact) mass is 228 g/mol. The quantitative estimate of drug-likeness (QED) is 0.705. The fraction of sp³-hybridized carbons (Fsp3) is 1.00. The average molecular weight is 228 g/mol. The Hall–Kier alpha value is -0.120. The van der Waals surface area contributed by atoms with Gasteiger partial charge in [0.1, 0.15) is 0 Å². The maximum absolute atomic E-state index is 6.24. The molecule has 0 aromatic carbocycles. The van der Waals surface area contributed by atoms with Crippen molar-refractivity contribution in [2.75, 3.05) is 26.3 Å². The molecule has 0 amide bonds. The van der Waals surface area contributed by atoms with Gasteiger partial charge in [0.05, 0.1) is 6.61 Å². The van der Waals surface area contributed by atoms with Gasteiger partial charge in [-0.15, -0.1) is 0 Å². The minimum atomic E-state index is 0.359. The zero-order valence-electron chi connectivity index (χ0n) is 11.1. The number of hydrogen-bond donors (Lipinski definition) is 1. The zero-order valence-corrected chi connectivity index (χ0v) is 11.1. The lowest BCUT2D eigenvalue weighted by molar-refractivity contribution is 0.0697. The van der Waals surface area contributed by atoms with Crippen LogP contribution >= 0.6 is 0 Å². The molecule has 0 heterocycles. The van der Waals surface area contributed by atoms with E-state index in [9.17, 15) is 0 Å². The number of nitrogens with two attached hydrogens (primary N) is 1. The van der Waals surface area contributed by atoms with E-state index < -0.39 is 0 Å². The molecule has 0 spiro atoms. The van der Waals surface area contributed by atoms with Crippen LogP contribution in [0.4, 0.5) is 0 Å².